The van der Waals surface area contributed by atoms with Crippen molar-refractivity contribution < 1.29 is 4.74 Å². The number of nitrogens with one attached hydrogen (secondary N) is 1. The highest BCUT2D eigenvalue weighted by molar-refractivity contribution is 4.86. The minimum Gasteiger partial charge on any atom is -0.379 e. The standard InChI is InChI=1S/C16H31N3O/c1-17-16-13-20-12-14(16)11-18-9-5-15(6-10-18)19-7-3-2-4-8-19/h14-17H,2-13H2,1H3. The van der Waals surface area contributed by atoms with Gasteiger partial charge in [-0.15, -0.1) is 0 Å². The maximum Gasteiger partial charge on any atom is 0.0623 e. The lowest BCUT2D eigenvalue weighted by Crippen LogP contribution is -2.49. The van der Waals surface area contributed by atoms with Crippen LogP contribution in [0.1, 0.15) is 32.1 Å². The van der Waals surface area contributed by atoms with Crippen LogP contribution in [0, 0.1) is 5.92 Å². The molecule has 2 unspecified atom stereocenters. The summed E-state index contributed by atoms with van der Waals surface area (Å²) in [6.45, 7) is 8.33. The third-order valence-electron chi connectivity index (χ3n) is 5.53. The Hall–Kier alpha value is -0.160. The molecule has 3 aliphatic heterocycles. The van der Waals surface area contributed by atoms with Crippen LogP contribution < -0.4 is 5.32 Å². The summed E-state index contributed by atoms with van der Waals surface area (Å²) in [5, 5.41) is 3.40. The second-order valence-corrected chi connectivity index (χ2v) is 6.82. The average molecular weight is 281 g/mol. The summed E-state index contributed by atoms with van der Waals surface area (Å²) in [7, 11) is 2.06. The van der Waals surface area contributed by atoms with Crippen molar-refractivity contribution in [3.8, 4) is 0 Å². The van der Waals surface area contributed by atoms with Crippen LogP contribution in [0.3, 0.4) is 0 Å². The molecule has 0 aromatic rings. The van der Waals surface area contributed by atoms with Gasteiger partial charge in [0.15, 0.2) is 0 Å². The topological polar surface area (TPSA) is 27.7 Å². The second-order valence-electron chi connectivity index (χ2n) is 6.82. The van der Waals surface area contributed by atoms with Crippen LogP contribution in [0.25, 0.3) is 0 Å². The Bertz CT molecular complexity index is 285. The molecule has 20 heavy (non-hydrogen) atoms. The fraction of sp³-hybridized carbons (Fsp3) is 1.00. The molecule has 3 saturated heterocycles. The van der Waals surface area contributed by atoms with Gasteiger partial charge < -0.3 is 19.9 Å². The summed E-state index contributed by atoms with van der Waals surface area (Å²) < 4.78 is 5.62. The van der Waals surface area contributed by atoms with Crippen LogP contribution in [-0.2, 0) is 4.74 Å². The largest absolute Gasteiger partial charge is 0.379 e. The third kappa shape index (κ3) is 3.53. The monoisotopic (exact) mass is 281 g/mol. The van der Waals surface area contributed by atoms with Crippen LogP contribution in [0.15, 0.2) is 0 Å². The van der Waals surface area contributed by atoms with Gasteiger partial charge >= 0.3 is 0 Å². The summed E-state index contributed by atoms with van der Waals surface area (Å²) in [6.07, 6.45) is 7.03. The van der Waals surface area contributed by atoms with Crippen molar-refractivity contribution >= 4 is 0 Å². The summed E-state index contributed by atoms with van der Waals surface area (Å²) in [5.41, 5.74) is 0. The number of ether oxygens (including phenoxy) is 1. The molecule has 0 amide bonds. The molecule has 1 N–H and O–H groups in total. The van der Waals surface area contributed by atoms with Crippen molar-refractivity contribution in [2.45, 2.75) is 44.2 Å². The zero-order valence-electron chi connectivity index (χ0n) is 13.0. The van der Waals surface area contributed by atoms with Crippen LogP contribution in [-0.4, -0.2) is 74.9 Å². The van der Waals surface area contributed by atoms with E-state index in [0.717, 1.165) is 19.3 Å². The first-order valence-electron chi connectivity index (χ1n) is 8.58. The van der Waals surface area contributed by atoms with Crippen molar-refractivity contribution in [3.05, 3.63) is 0 Å². The maximum absolute atomic E-state index is 5.62. The molecule has 0 aliphatic carbocycles. The van der Waals surface area contributed by atoms with E-state index in [1.807, 2.05) is 0 Å². The molecule has 0 aromatic carbocycles. The van der Waals surface area contributed by atoms with Crippen molar-refractivity contribution in [1.82, 2.24) is 15.1 Å². The van der Waals surface area contributed by atoms with Gasteiger partial charge in [0.25, 0.3) is 0 Å². The Labute approximate surface area is 123 Å². The van der Waals surface area contributed by atoms with Crippen LogP contribution in [0.4, 0.5) is 0 Å². The highest BCUT2D eigenvalue weighted by Gasteiger charge is 2.31. The Kier molecular flexibility index (Phi) is 5.32. The van der Waals surface area contributed by atoms with Crippen molar-refractivity contribution in [2.24, 2.45) is 5.92 Å². The number of hydrogen-bond donors (Lipinski definition) is 1. The van der Waals surface area contributed by atoms with E-state index in [0.29, 0.717) is 12.0 Å². The third-order valence-corrected chi connectivity index (χ3v) is 5.53. The van der Waals surface area contributed by atoms with E-state index in [1.54, 1.807) is 0 Å². The number of rotatable bonds is 4. The minimum atomic E-state index is 0.565. The molecule has 0 saturated carbocycles. The van der Waals surface area contributed by atoms with Gasteiger partial charge in [-0.2, -0.15) is 0 Å². The first kappa shape index (κ1) is 14.8. The zero-order valence-corrected chi connectivity index (χ0v) is 13.0. The van der Waals surface area contributed by atoms with Gasteiger partial charge in [0.2, 0.25) is 0 Å². The second kappa shape index (κ2) is 7.21. The summed E-state index contributed by atoms with van der Waals surface area (Å²) in [5.74, 6) is 0.687. The first-order chi connectivity index (χ1) is 9.86. The number of nitrogens with zero attached hydrogens (tertiary/aromatic N) is 2. The van der Waals surface area contributed by atoms with Gasteiger partial charge in [-0.1, -0.05) is 6.42 Å². The molecule has 3 rings (SSSR count). The Balaban J connectivity index is 1.41. The lowest BCUT2D eigenvalue weighted by atomic mass is 9.97. The molecule has 2 atom stereocenters. The Morgan fingerprint density at radius 3 is 2.45 bits per heavy atom. The summed E-state index contributed by atoms with van der Waals surface area (Å²) in [4.78, 5) is 5.43. The number of likely N-dealkylation sites (tertiary alicyclic amines) is 2. The van der Waals surface area contributed by atoms with E-state index in [9.17, 15) is 0 Å². The lowest BCUT2D eigenvalue weighted by Gasteiger charge is -2.41. The summed E-state index contributed by atoms with van der Waals surface area (Å²) in [6, 6.07) is 1.43. The fourth-order valence-corrected chi connectivity index (χ4v) is 4.18. The van der Waals surface area contributed by atoms with Gasteiger partial charge in [0.05, 0.1) is 13.2 Å². The smallest absolute Gasteiger partial charge is 0.0623 e. The average Bonchev–Trinajstić information content (AvgIpc) is 2.96. The lowest BCUT2D eigenvalue weighted by molar-refractivity contribution is 0.0819. The van der Waals surface area contributed by atoms with Crippen molar-refractivity contribution in [2.75, 3.05) is 53.0 Å². The highest BCUT2D eigenvalue weighted by Crippen LogP contribution is 2.23. The number of likely N-dealkylation sites (N-methyl/N-ethyl adjacent to an activating group) is 1. The molecule has 3 heterocycles. The molecular formula is C16H31N3O. The molecule has 4 nitrogen and oxygen atoms in total. The van der Waals surface area contributed by atoms with Gasteiger partial charge in [-0.05, 0) is 58.9 Å². The fourth-order valence-electron chi connectivity index (χ4n) is 4.18. The minimum absolute atomic E-state index is 0.565. The molecule has 3 aliphatic rings. The van der Waals surface area contributed by atoms with Gasteiger partial charge in [-0.25, -0.2) is 0 Å². The van der Waals surface area contributed by atoms with E-state index in [-0.39, 0.29) is 0 Å². The normalized spacial score (nSPS) is 34.6. The highest BCUT2D eigenvalue weighted by atomic mass is 16.5. The molecule has 3 fully saturated rings. The molecule has 0 radical (unpaired) electrons. The van der Waals surface area contributed by atoms with E-state index in [4.69, 9.17) is 4.74 Å². The molecular weight excluding hydrogens is 250 g/mol. The van der Waals surface area contributed by atoms with Crippen molar-refractivity contribution in [3.63, 3.8) is 0 Å². The number of hydrogen-bond acceptors (Lipinski definition) is 4. The predicted molar refractivity (Wildman–Crippen MR) is 82.0 cm³/mol. The van der Waals surface area contributed by atoms with Crippen molar-refractivity contribution in [1.29, 1.82) is 0 Å². The SMILES string of the molecule is CNC1COCC1CN1CCC(N2CCCCC2)CC1. The maximum atomic E-state index is 5.62. The molecule has 0 spiro atoms. The van der Waals surface area contributed by atoms with E-state index in [1.165, 1.54) is 64.8 Å². The van der Waals surface area contributed by atoms with E-state index in [2.05, 4.69) is 22.2 Å². The first-order valence-corrected chi connectivity index (χ1v) is 8.58. The Morgan fingerprint density at radius 1 is 1.00 bits per heavy atom. The quantitative estimate of drug-likeness (QED) is 0.837. The number of piperidine rings is 2. The van der Waals surface area contributed by atoms with Crippen LogP contribution >= 0.6 is 0 Å². The van der Waals surface area contributed by atoms with E-state index < -0.39 is 0 Å². The van der Waals surface area contributed by atoms with E-state index >= 15 is 0 Å². The molecule has 4 heteroatoms. The van der Waals surface area contributed by atoms with Crippen LogP contribution in [0.5, 0.6) is 0 Å². The molecule has 0 aromatic heterocycles. The molecule has 116 valence electrons. The predicted octanol–water partition coefficient (Wildman–Crippen LogP) is 1.17. The molecule has 0 bridgehead atoms. The van der Waals surface area contributed by atoms with Crippen LogP contribution in [0.2, 0.25) is 0 Å². The van der Waals surface area contributed by atoms with Gasteiger partial charge in [0, 0.05) is 24.5 Å². The zero-order chi connectivity index (χ0) is 13.8. The Morgan fingerprint density at radius 2 is 1.75 bits per heavy atom. The van der Waals surface area contributed by atoms with Gasteiger partial charge in [0.1, 0.15) is 0 Å². The summed E-state index contributed by atoms with van der Waals surface area (Å²) >= 11 is 0. The van der Waals surface area contributed by atoms with Gasteiger partial charge in [-0.3, -0.25) is 0 Å².